The van der Waals surface area contributed by atoms with Crippen molar-refractivity contribution in [1.82, 2.24) is 9.78 Å². The first-order chi connectivity index (χ1) is 5.63. The second-order valence-corrected chi connectivity index (χ2v) is 3.76. The van der Waals surface area contributed by atoms with E-state index >= 15 is 0 Å². The van der Waals surface area contributed by atoms with Gasteiger partial charge in [0, 0.05) is 18.6 Å². The third kappa shape index (κ3) is 2.39. The van der Waals surface area contributed by atoms with Crippen LogP contribution in [-0.4, -0.2) is 15.7 Å². The number of rotatable bonds is 3. The van der Waals surface area contributed by atoms with Crippen molar-refractivity contribution in [2.75, 3.05) is 5.88 Å². The Hall–Kier alpha value is -0.210. The van der Waals surface area contributed by atoms with E-state index in [-0.39, 0.29) is 0 Å². The van der Waals surface area contributed by atoms with E-state index in [2.05, 4.69) is 12.0 Å². The number of halogens is 2. The van der Waals surface area contributed by atoms with Gasteiger partial charge < -0.3 is 0 Å². The van der Waals surface area contributed by atoms with Crippen molar-refractivity contribution >= 4 is 23.2 Å². The molecule has 2 nitrogen and oxygen atoms in total. The van der Waals surface area contributed by atoms with Gasteiger partial charge in [0.1, 0.15) is 0 Å². The molecule has 0 radical (unpaired) electrons. The highest BCUT2D eigenvalue weighted by molar-refractivity contribution is 6.31. The summed E-state index contributed by atoms with van der Waals surface area (Å²) in [6.07, 6.45) is 1.83. The Balaban J connectivity index is 2.64. The van der Waals surface area contributed by atoms with Crippen LogP contribution in [0.5, 0.6) is 0 Å². The van der Waals surface area contributed by atoms with Crippen molar-refractivity contribution < 1.29 is 0 Å². The van der Waals surface area contributed by atoms with Crippen molar-refractivity contribution in [3.05, 3.63) is 16.9 Å². The smallest absolute Gasteiger partial charge is 0.0814 e. The van der Waals surface area contributed by atoms with Gasteiger partial charge in [-0.1, -0.05) is 18.5 Å². The molecule has 0 bridgehead atoms. The molecule has 0 amide bonds. The predicted molar refractivity (Wildman–Crippen MR) is 51.9 cm³/mol. The van der Waals surface area contributed by atoms with Gasteiger partial charge in [-0.2, -0.15) is 5.10 Å². The fraction of sp³-hybridized carbons (Fsp3) is 0.625. The SMILES string of the molecule is Cc1nn(CC(C)CCl)cc1Cl. The fourth-order valence-electron chi connectivity index (χ4n) is 0.955. The van der Waals surface area contributed by atoms with Crippen LogP contribution in [-0.2, 0) is 6.54 Å². The zero-order valence-electron chi connectivity index (χ0n) is 7.22. The molecule has 0 spiro atoms. The molecule has 1 aromatic rings. The van der Waals surface area contributed by atoms with E-state index in [1.807, 2.05) is 17.8 Å². The minimum absolute atomic E-state index is 0.432. The Morgan fingerprint density at radius 1 is 1.67 bits per heavy atom. The molecule has 0 N–H and O–H groups in total. The van der Waals surface area contributed by atoms with E-state index in [4.69, 9.17) is 23.2 Å². The monoisotopic (exact) mass is 206 g/mol. The van der Waals surface area contributed by atoms with Crippen LogP contribution in [0, 0.1) is 12.8 Å². The number of aromatic nitrogens is 2. The lowest BCUT2D eigenvalue weighted by atomic mass is 10.2. The van der Waals surface area contributed by atoms with E-state index in [1.54, 1.807) is 0 Å². The highest BCUT2D eigenvalue weighted by Crippen LogP contribution is 2.13. The molecular formula is C8H12Cl2N2. The van der Waals surface area contributed by atoms with Gasteiger partial charge in [-0.25, -0.2) is 0 Å². The minimum Gasteiger partial charge on any atom is -0.271 e. The maximum Gasteiger partial charge on any atom is 0.0814 e. The molecule has 1 unspecified atom stereocenters. The van der Waals surface area contributed by atoms with E-state index in [1.165, 1.54) is 0 Å². The van der Waals surface area contributed by atoms with Gasteiger partial charge in [0.05, 0.1) is 10.7 Å². The zero-order chi connectivity index (χ0) is 9.14. The number of hydrogen-bond donors (Lipinski definition) is 0. The van der Waals surface area contributed by atoms with Gasteiger partial charge in [-0.15, -0.1) is 11.6 Å². The van der Waals surface area contributed by atoms with Crippen molar-refractivity contribution in [1.29, 1.82) is 0 Å². The molecule has 1 atom stereocenters. The number of hydrogen-bond acceptors (Lipinski definition) is 1. The number of aryl methyl sites for hydroxylation is 1. The topological polar surface area (TPSA) is 17.8 Å². The molecule has 0 saturated heterocycles. The first-order valence-electron chi connectivity index (χ1n) is 3.89. The Bertz CT molecular complexity index is 238. The summed E-state index contributed by atoms with van der Waals surface area (Å²) >= 11 is 11.5. The lowest BCUT2D eigenvalue weighted by Gasteiger charge is -2.05. The van der Waals surface area contributed by atoms with Gasteiger partial charge >= 0.3 is 0 Å². The molecule has 4 heteroatoms. The van der Waals surface area contributed by atoms with Gasteiger partial charge in [-0.05, 0) is 12.8 Å². The summed E-state index contributed by atoms with van der Waals surface area (Å²) in [5.41, 5.74) is 0.874. The molecule has 1 rings (SSSR count). The van der Waals surface area contributed by atoms with Crippen LogP contribution in [0.15, 0.2) is 6.20 Å². The molecule has 1 aromatic heterocycles. The predicted octanol–water partition coefficient (Wildman–Crippen LogP) is 2.72. The average molecular weight is 207 g/mol. The summed E-state index contributed by atoms with van der Waals surface area (Å²) in [7, 11) is 0. The van der Waals surface area contributed by atoms with E-state index < -0.39 is 0 Å². The van der Waals surface area contributed by atoms with Crippen LogP contribution in [0.25, 0.3) is 0 Å². The maximum absolute atomic E-state index is 5.84. The van der Waals surface area contributed by atoms with Crippen molar-refractivity contribution in [3.8, 4) is 0 Å². The largest absolute Gasteiger partial charge is 0.271 e. The van der Waals surface area contributed by atoms with Crippen LogP contribution in [0.2, 0.25) is 5.02 Å². The molecule has 0 aliphatic rings. The maximum atomic E-state index is 5.84. The normalized spacial score (nSPS) is 13.3. The van der Waals surface area contributed by atoms with Gasteiger partial charge in [0.25, 0.3) is 0 Å². The summed E-state index contributed by atoms with van der Waals surface area (Å²) in [5.74, 6) is 1.08. The first-order valence-corrected chi connectivity index (χ1v) is 4.80. The van der Waals surface area contributed by atoms with E-state index in [0.29, 0.717) is 11.8 Å². The molecule has 0 saturated carbocycles. The minimum atomic E-state index is 0.432. The molecular weight excluding hydrogens is 195 g/mol. The second-order valence-electron chi connectivity index (χ2n) is 3.04. The third-order valence-electron chi connectivity index (χ3n) is 1.65. The number of alkyl halides is 1. The van der Waals surface area contributed by atoms with Crippen LogP contribution < -0.4 is 0 Å². The summed E-state index contributed by atoms with van der Waals surface area (Å²) < 4.78 is 1.84. The van der Waals surface area contributed by atoms with Crippen LogP contribution in [0.3, 0.4) is 0 Å². The highest BCUT2D eigenvalue weighted by atomic mass is 35.5. The van der Waals surface area contributed by atoms with Gasteiger partial charge in [0.2, 0.25) is 0 Å². The Morgan fingerprint density at radius 2 is 2.33 bits per heavy atom. The van der Waals surface area contributed by atoms with E-state index in [0.717, 1.165) is 17.3 Å². The van der Waals surface area contributed by atoms with Crippen molar-refractivity contribution in [2.24, 2.45) is 5.92 Å². The van der Waals surface area contributed by atoms with Gasteiger partial charge in [-0.3, -0.25) is 4.68 Å². The first kappa shape index (κ1) is 9.87. The van der Waals surface area contributed by atoms with Crippen LogP contribution in [0.1, 0.15) is 12.6 Å². The Kier molecular flexibility index (Phi) is 3.41. The Morgan fingerprint density at radius 3 is 2.75 bits per heavy atom. The summed E-state index contributed by atoms with van der Waals surface area (Å²) in [5, 5.41) is 4.94. The van der Waals surface area contributed by atoms with E-state index in [9.17, 15) is 0 Å². The Labute approximate surface area is 82.5 Å². The average Bonchev–Trinajstić information content (AvgIpc) is 2.31. The fourth-order valence-corrected chi connectivity index (χ4v) is 1.20. The molecule has 0 aliphatic carbocycles. The molecule has 1 heterocycles. The zero-order valence-corrected chi connectivity index (χ0v) is 8.73. The molecule has 68 valence electrons. The number of nitrogens with zero attached hydrogens (tertiary/aromatic N) is 2. The quantitative estimate of drug-likeness (QED) is 0.696. The lowest BCUT2D eigenvalue weighted by molar-refractivity contribution is 0.485. The lowest BCUT2D eigenvalue weighted by Crippen LogP contribution is -2.09. The summed E-state index contributed by atoms with van der Waals surface area (Å²) in [4.78, 5) is 0. The molecule has 0 fully saturated rings. The molecule has 12 heavy (non-hydrogen) atoms. The standard InChI is InChI=1S/C8H12Cl2N2/c1-6(3-9)4-12-5-8(10)7(2)11-12/h5-6H,3-4H2,1-2H3. The van der Waals surface area contributed by atoms with Crippen molar-refractivity contribution in [3.63, 3.8) is 0 Å². The van der Waals surface area contributed by atoms with Crippen LogP contribution in [0.4, 0.5) is 0 Å². The van der Waals surface area contributed by atoms with Crippen molar-refractivity contribution in [2.45, 2.75) is 20.4 Å². The third-order valence-corrected chi connectivity index (χ3v) is 2.55. The molecule has 0 aliphatic heterocycles. The molecule has 0 aromatic carbocycles. The van der Waals surface area contributed by atoms with Crippen LogP contribution >= 0.6 is 23.2 Å². The van der Waals surface area contributed by atoms with Gasteiger partial charge in [0.15, 0.2) is 0 Å². The highest BCUT2D eigenvalue weighted by Gasteiger charge is 2.05. The summed E-state index contributed by atoms with van der Waals surface area (Å²) in [6, 6.07) is 0. The summed E-state index contributed by atoms with van der Waals surface area (Å²) in [6.45, 7) is 4.80. The second kappa shape index (κ2) is 4.15.